The van der Waals surface area contributed by atoms with Crippen molar-refractivity contribution in [2.45, 2.75) is 39.8 Å². The number of aromatic nitrogens is 3. The molecule has 2 rings (SSSR count). The number of rotatable bonds is 11. The van der Waals surface area contributed by atoms with E-state index >= 15 is 0 Å². The van der Waals surface area contributed by atoms with Gasteiger partial charge in [0.05, 0.1) is 6.54 Å². The van der Waals surface area contributed by atoms with Gasteiger partial charge in [0.2, 0.25) is 0 Å². The van der Waals surface area contributed by atoms with Gasteiger partial charge in [0.15, 0.2) is 5.96 Å². The van der Waals surface area contributed by atoms with Crippen molar-refractivity contribution < 1.29 is 4.74 Å². The minimum atomic E-state index is 0. The number of aliphatic imine (C=N–C) groups is 1. The Morgan fingerprint density at radius 2 is 1.93 bits per heavy atom. The molecule has 8 heteroatoms. The average molecular weight is 486 g/mol. The zero-order valence-electron chi connectivity index (χ0n) is 16.2. The van der Waals surface area contributed by atoms with Crippen molar-refractivity contribution in [2.24, 2.45) is 4.99 Å². The molecule has 0 saturated carbocycles. The minimum absolute atomic E-state index is 0. The molecular formula is C19H31IN6O. The Balaban J connectivity index is 0.00000364. The summed E-state index contributed by atoms with van der Waals surface area (Å²) in [6.07, 6.45) is 3.60. The largest absolute Gasteiger partial charge is 0.382 e. The molecule has 0 aliphatic heterocycles. The second kappa shape index (κ2) is 14.4. The first kappa shape index (κ1) is 23.4. The van der Waals surface area contributed by atoms with Crippen LogP contribution in [0.15, 0.2) is 41.7 Å². The summed E-state index contributed by atoms with van der Waals surface area (Å²) in [5, 5.41) is 14.9. The van der Waals surface area contributed by atoms with Gasteiger partial charge < -0.3 is 19.9 Å². The molecule has 0 amide bonds. The summed E-state index contributed by atoms with van der Waals surface area (Å²) in [4.78, 5) is 4.69. The Bertz CT molecular complexity index is 647. The van der Waals surface area contributed by atoms with E-state index in [1.165, 1.54) is 5.56 Å². The zero-order valence-corrected chi connectivity index (χ0v) is 18.6. The van der Waals surface area contributed by atoms with E-state index < -0.39 is 0 Å². The van der Waals surface area contributed by atoms with E-state index in [0.29, 0.717) is 6.54 Å². The van der Waals surface area contributed by atoms with Crippen LogP contribution in [0.5, 0.6) is 0 Å². The number of ether oxygens (including phenoxy) is 1. The van der Waals surface area contributed by atoms with Gasteiger partial charge in [-0.25, -0.2) is 4.99 Å². The predicted octanol–water partition coefficient (Wildman–Crippen LogP) is 2.62. The van der Waals surface area contributed by atoms with Gasteiger partial charge in [0.25, 0.3) is 0 Å². The number of aryl methyl sites for hydroxylation is 1. The fourth-order valence-electron chi connectivity index (χ4n) is 2.49. The Labute approximate surface area is 179 Å². The molecule has 7 nitrogen and oxygen atoms in total. The van der Waals surface area contributed by atoms with Crippen LogP contribution in [-0.4, -0.2) is 47.0 Å². The third-order valence-electron chi connectivity index (χ3n) is 3.88. The first-order valence-corrected chi connectivity index (χ1v) is 9.34. The van der Waals surface area contributed by atoms with Crippen molar-refractivity contribution in [3.63, 3.8) is 0 Å². The molecule has 0 atom stereocenters. The summed E-state index contributed by atoms with van der Waals surface area (Å²) < 4.78 is 7.45. The van der Waals surface area contributed by atoms with Crippen molar-refractivity contribution in [2.75, 3.05) is 26.3 Å². The Kier molecular flexibility index (Phi) is 12.4. The lowest BCUT2D eigenvalue weighted by atomic mass is 10.2. The number of nitrogens with one attached hydrogen (secondary N) is 2. The maximum Gasteiger partial charge on any atom is 0.191 e. The lowest BCUT2D eigenvalue weighted by molar-refractivity contribution is 0.145. The van der Waals surface area contributed by atoms with Crippen LogP contribution in [0.1, 0.15) is 31.7 Å². The monoisotopic (exact) mass is 486 g/mol. The summed E-state index contributed by atoms with van der Waals surface area (Å²) in [6, 6.07) is 10.3. The summed E-state index contributed by atoms with van der Waals surface area (Å²) in [7, 11) is 0. The van der Waals surface area contributed by atoms with E-state index in [2.05, 4.69) is 49.4 Å². The van der Waals surface area contributed by atoms with E-state index in [0.717, 1.165) is 57.5 Å². The second-order valence-corrected chi connectivity index (χ2v) is 5.85. The smallest absolute Gasteiger partial charge is 0.191 e. The van der Waals surface area contributed by atoms with Crippen molar-refractivity contribution in [3.8, 4) is 0 Å². The molecule has 2 N–H and O–H groups in total. The van der Waals surface area contributed by atoms with Crippen LogP contribution in [0.2, 0.25) is 0 Å². The van der Waals surface area contributed by atoms with Crippen molar-refractivity contribution >= 4 is 29.9 Å². The number of guanidine groups is 1. The van der Waals surface area contributed by atoms with Gasteiger partial charge in [-0.1, -0.05) is 37.3 Å². The molecule has 0 radical (unpaired) electrons. The van der Waals surface area contributed by atoms with E-state index in [-0.39, 0.29) is 24.0 Å². The van der Waals surface area contributed by atoms with Crippen LogP contribution in [0, 0.1) is 0 Å². The molecule has 0 saturated heterocycles. The van der Waals surface area contributed by atoms with Gasteiger partial charge >= 0.3 is 0 Å². The van der Waals surface area contributed by atoms with E-state index in [4.69, 9.17) is 4.74 Å². The predicted molar refractivity (Wildman–Crippen MR) is 120 cm³/mol. The van der Waals surface area contributed by atoms with Crippen molar-refractivity contribution in [1.82, 2.24) is 25.4 Å². The van der Waals surface area contributed by atoms with Crippen molar-refractivity contribution in [1.29, 1.82) is 0 Å². The molecule has 0 fully saturated rings. The van der Waals surface area contributed by atoms with E-state index in [1.54, 1.807) is 6.33 Å². The first-order valence-electron chi connectivity index (χ1n) is 9.34. The minimum Gasteiger partial charge on any atom is -0.382 e. The van der Waals surface area contributed by atoms with Crippen LogP contribution in [-0.2, 0) is 24.2 Å². The molecule has 1 aromatic heterocycles. The zero-order chi connectivity index (χ0) is 18.5. The molecule has 0 unspecified atom stereocenters. The van der Waals surface area contributed by atoms with Gasteiger partial charge in [0.1, 0.15) is 12.2 Å². The molecule has 1 aromatic carbocycles. The SMILES string of the molecule is CCOCCCNC(=NCc1ccccc1)NCCn1cnnc1CC.I. The van der Waals surface area contributed by atoms with Gasteiger partial charge in [0, 0.05) is 39.3 Å². The summed E-state index contributed by atoms with van der Waals surface area (Å²) in [5.74, 6) is 1.82. The highest BCUT2D eigenvalue weighted by Crippen LogP contribution is 2.00. The Morgan fingerprint density at radius 1 is 1.15 bits per heavy atom. The molecular weight excluding hydrogens is 455 g/mol. The molecule has 27 heavy (non-hydrogen) atoms. The lowest BCUT2D eigenvalue weighted by Gasteiger charge is -2.13. The highest BCUT2D eigenvalue weighted by atomic mass is 127. The average Bonchev–Trinajstić information content (AvgIpc) is 3.13. The van der Waals surface area contributed by atoms with Gasteiger partial charge in [-0.05, 0) is 18.9 Å². The topological polar surface area (TPSA) is 76.4 Å². The number of halogens is 1. The Morgan fingerprint density at radius 3 is 2.67 bits per heavy atom. The number of hydrogen-bond acceptors (Lipinski definition) is 4. The molecule has 0 aliphatic rings. The maximum atomic E-state index is 5.38. The van der Waals surface area contributed by atoms with Gasteiger partial charge in [-0.15, -0.1) is 34.2 Å². The van der Waals surface area contributed by atoms with E-state index in [1.807, 2.05) is 25.1 Å². The van der Waals surface area contributed by atoms with E-state index in [9.17, 15) is 0 Å². The fraction of sp³-hybridized carbons (Fsp3) is 0.526. The standard InChI is InChI=1S/C19H30N6O.HI/c1-3-18-24-23-16-25(18)13-12-21-19(20-11-8-14-26-4-2)22-15-17-9-6-5-7-10-17;/h5-7,9-10,16H,3-4,8,11-15H2,1-2H3,(H2,20,21,22);1H. The first-order chi connectivity index (χ1) is 12.8. The van der Waals surface area contributed by atoms with Crippen LogP contribution in [0.4, 0.5) is 0 Å². The quantitative estimate of drug-likeness (QED) is 0.221. The Hall–Kier alpha value is -1.68. The highest BCUT2D eigenvalue weighted by Gasteiger charge is 2.03. The number of hydrogen-bond donors (Lipinski definition) is 2. The summed E-state index contributed by atoms with van der Waals surface area (Å²) >= 11 is 0. The van der Waals surface area contributed by atoms with Gasteiger partial charge in [-0.3, -0.25) is 0 Å². The van der Waals surface area contributed by atoms with Crippen LogP contribution >= 0.6 is 24.0 Å². The second-order valence-electron chi connectivity index (χ2n) is 5.85. The normalized spacial score (nSPS) is 11.1. The van der Waals surface area contributed by atoms with Crippen LogP contribution in [0.25, 0.3) is 0 Å². The third-order valence-corrected chi connectivity index (χ3v) is 3.88. The highest BCUT2D eigenvalue weighted by molar-refractivity contribution is 14.0. The molecule has 1 heterocycles. The summed E-state index contributed by atoms with van der Waals surface area (Å²) in [6.45, 7) is 8.65. The molecule has 0 bridgehead atoms. The van der Waals surface area contributed by atoms with Crippen molar-refractivity contribution in [3.05, 3.63) is 48.0 Å². The molecule has 2 aromatic rings. The lowest BCUT2D eigenvalue weighted by Crippen LogP contribution is -2.39. The van der Waals surface area contributed by atoms with Crippen LogP contribution in [0.3, 0.4) is 0 Å². The molecule has 0 aliphatic carbocycles. The third kappa shape index (κ3) is 9.18. The number of benzene rings is 1. The fourth-order valence-corrected chi connectivity index (χ4v) is 2.49. The number of nitrogens with zero attached hydrogens (tertiary/aromatic N) is 4. The summed E-state index contributed by atoms with van der Waals surface area (Å²) in [5.41, 5.74) is 1.19. The maximum absolute atomic E-state index is 5.38. The van der Waals surface area contributed by atoms with Crippen LogP contribution < -0.4 is 10.6 Å². The van der Waals surface area contributed by atoms with Gasteiger partial charge in [-0.2, -0.15) is 0 Å². The molecule has 150 valence electrons. The molecule has 0 spiro atoms.